The summed E-state index contributed by atoms with van der Waals surface area (Å²) in [6.45, 7) is 3.38. The molecule has 0 bridgehead atoms. The summed E-state index contributed by atoms with van der Waals surface area (Å²) in [4.78, 5) is 0. The summed E-state index contributed by atoms with van der Waals surface area (Å²) in [5, 5.41) is 15.8. The van der Waals surface area contributed by atoms with Crippen LogP contribution in [0, 0.1) is 0 Å². The van der Waals surface area contributed by atoms with Crippen LogP contribution in [-0.4, -0.2) is 31.3 Å². The van der Waals surface area contributed by atoms with E-state index >= 15 is 0 Å². The van der Waals surface area contributed by atoms with Gasteiger partial charge < -0.3 is 20.2 Å². The van der Waals surface area contributed by atoms with Crippen molar-refractivity contribution in [2.75, 3.05) is 26.2 Å². The molecule has 0 atom stereocenters. The highest BCUT2D eigenvalue weighted by molar-refractivity contribution is 6.30. The van der Waals surface area contributed by atoms with Crippen molar-refractivity contribution >= 4 is 36.4 Å². The summed E-state index contributed by atoms with van der Waals surface area (Å²) in [6, 6.07) is 11.6. The Morgan fingerprint density at radius 3 is 2.30 bits per heavy atom. The van der Waals surface area contributed by atoms with Crippen LogP contribution in [0.3, 0.4) is 0 Å². The van der Waals surface area contributed by atoms with Crippen molar-refractivity contribution in [3.63, 3.8) is 0 Å². The number of rotatable bonds is 9. The molecule has 0 spiro atoms. The molecular weight excluding hydrogens is 359 g/mol. The zero-order valence-corrected chi connectivity index (χ0v) is 15.1. The van der Waals surface area contributed by atoms with E-state index in [2.05, 4.69) is 10.6 Å². The van der Waals surface area contributed by atoms with Gasteiger partial charge in [-0.15, -0.1) is 24.8 Å². The number of furan rings is 1. The Hall–Kier alpha value is -0.750. The second-order valence-electron chi connectivity index (χ2n) is 4.78. The average molecular weight is 382 g/mol. The van der Waals surface area contributed by atoms with Gasteiger partial charge in [0.25, 0.3) is 0 Å². The summed E-state index contributed by atoms with van der Waals surface area (Å²) >= 11 is 5.87. The van der Waals surface area contributed by atoms with Crippen LogP contribution < -0.4 is 10.6 Å². The zero-order chi connectivity index (χ0) is 14.9. The number of halogens is 3. The van der Waals surface area contributed by atoms with E-state index in [1.165, 1.54) is 0 Å². The van der Waals surface area contributed by atoms with Gasteiger partial charge in [0.15, 0.2) is 0 Å². The van der Waals surface area contributed by atoms with Crippen LogP contribution in [0.4, 0.5) is 0 Å². The third-order valence-electron chi connectivity index (χ3n) is 3.09. The molecule has 0 fully saturated rings. The first kappa shape index (κ1) is 22.2. The Bertz CT molecular complexity index is 532. The predicted molar refractivity (Wildman–Crippen MR) is 99.9 cm³/mol. The molecule has 0 unspecified atom stereocenters. The number of hydrogen-bond donors (Lipinski definition) is 3. The second kappa shape index (κ2) is 12.6. The maximum absolute atomic E-state index is 8.63. The molecule has 4 nitrogen and oxygen atoms in total. The van der Waals surface area contributed by atoms with E-state index in [4.69, 9.17) is 21.1 Å². The predicted octanol–water partition coefficient (Wildman–Crippen LogP) is 3.51. The number of aliphatic hydroxyl groups is 1. The quantitative estimate of drug-likeness (QED) is 0.582. The van der Waals surface area contributed by atoms with E-state index in [1.54, 1.807) is 0 Å². The van der Waals surface area contributed by atoms with E-state index in [0.717, 1.165) is 41.6 Å². The van der Waals surface area contributed by atoms with Crippen molar-refractivity contribution < 1.29 is 9.52 Å². The first-order valence-electron chi connectivity index (χ1n) is 7.16. The topological polar surface area (TPSA) is 57.4 Å². The SMILES string of the molecule is Cl.Cl.OCCNCCCNCc1ccc(-c2ccc(Cl)cc2)o1. The highest BCUT2D eigenvalue weighted by Gasteiger charge is 2.04. The highest BCUT2D eigenvalue weighted by atomic mass is 35.5. The van der Waals surface area contributed by atoms with E-state index in [0.29, 0.717) is 13.1 Å². The zero-order valence-electron chi connectivity index (χ0n) is 12.8. The Morgan fingerprint density at radius 2 is 1.61 bits per heavy atom. The molecule has 0 radical (unpaired) electrons. The van der Waals surface area contributed by atoms with Crippen molar-refractivity contribution in [2.24, 2.45) is 0 Å². The van der Waals surface area contributed by atoms with Crippen LogP contribution in [0.2, 0.25) is 5.02 Å². The molecule has 0 aliphatic heterocycles. The molecule has 130 valence electrons. The first-order valence-corrected chi connectivity index (χ1v) is 7.54. The molecule has 1 aromatic heterocycles. The van der Waals surface area contributed by atoms with Crippen molar-refractivity contribution in [3.8, 4) is 11.3 Å². The van der Waals surface area contributed by atoms with E-state index < -0.39 is 0 Å². The lowest BCUT2D eigenvalue weighted by Gasteiger charge is -2.04. The fraction of sp³-hybridized carbons (Fsp3) is 0.375. The summed E-state index contributed by atoms with van der Waals surface area (Å²) in [7, 11) is 0. The molecule has 2 aromatic rings. The van der Waals surface area contributed by atoms with Gasteiger partial charge in [-0.3, -0.25) is 0 Å². The van der Waals surface area contributed by atoms with Crippen LogP contribution in [0.25, 0.3) is 11.3 Å². The van der Waals surface area contributed by atoms with Gasteiger partial charge in [0.05, 0.1) is 13.2 Å². The van der Waals surface area contributed by atoms with E-state index in [9.17, 15) is 0 Å². The van der Waals surface area contributed by atoms with Crippen LogP contribution in [-0.2, 0) is 6.54 Å². The molecule has 1 aromatic carbocycles. The molecule has 3 N–H and O–H groups in total. The summed E-state index contributed by atoms with van der Waals surface area (Å²) in [5.74, 6) is 1.77. The van der Waals surface area contributed by atoms with Crippen molar-refractivity contribution in [1.29, 1.82) is 0 Å². The van der Waals surface area contributed by atoms with Gasteiger partial charge in [-0.2, -0.15) is 0 Å². The molecule has 23 heavy (non-hydrogen) atoms. The van der Waals surface area contributed by atoms with Crippen molar-refractivity contribution in [3.05, 3.63) is 47.2 Å². The highest BCUT2D eigenvalue weighted by Crippen LogP contribution is 2.23. The number of benzene rings is 1. The normalized spacial score (nSPS) is 10.0. The van der Waals surface area contributed by atoms with Crippen LogP contribution in [0.15, 0.2) is 40.8 Å². The third-order valence-corrected chi connectivity index (χ3v) is 3.34. The first-order chi connectivity index (χ1) is 10.3. The average Bonchev–Trinajstić information content (AvgIpc) is 2.96. The van der Waals surface area contributed by atoms with Gasteiger partial charge in [0, 0.05) is 17.1 Å². The number of aliphatic hydroxyl groups excluding tert-OH is 1. The standard InChI is InChI=1S/C16H21ClN2O2.2ClH/c17-14-4-2-13(3-5-14)16-7-6-15(21-16)12-19-9-1-8-18-10-11-20;;/h2-7,18-20H,1,8-12H2;2*1H. The molecule has 0 saturated carbocycles. The minimum atomic E-state index is 0. The maximum Gasteiger partial charge on any atom is 0.134 e. The molecular formula is C16H23Cl3N2O2. The smallest absolute Gasteiger partial charge is 0.134 e. The monoisotopic (exact) mass is 380 g/mol. The van der Waals surface area contributed by atoms with Crippen molar-refractivity contribution in [2.45, 2.75) is 13.0 Å². The van der Waals surface area contributed by atoms with Gasteiger partial charge >= 0.3 is 0 Å². The van der Waals surface area contributed by atoms with Crippen LogP contribution in [0.5, 0.6) is 0 Å². The number of nitrogens with one attached hydrogen (secondary N) is 2. The molecule has 1 heterocycles. The Morgan fingerprint density at radius 1 is 0.913 bits per heavy atom. The maximum atomic E-state index is 8.63. The lowest BCUT2D eigenvalue weighted by Crippen LogP contribution is -2.23. The summed E-state index contributed by atoms with van der Waals surface area (Å²) in [5.41, 5.74) is 1.03. The number of hydrogen-bond acceptors (Lipinski definition) is 4. The molecule has 0 amide bonds. The minimum Gasteiger partial charge on any atom is -0.460 e. The molecule has 0 saturated heterocycles. The lowest BCUT2D eigenvalue weighted by molar-refractivity contribution is 0.292. The van der Waals surface area contributed by atoms with Gasteiger partial charge in [-0.1, -0.05) is 11.6 Å². The molecule has 7 heteroatoms. The Labute approximate surface area is 154 Å². The summed E-state index contributed by atoms with van der Waals surface area (Å²) < 4.78 is 5.80. The Kier molecular flexibility index (Phi) is 12.2. The van der Waals surface area contributed by atoms with Gasteiger partial charge in [-0.05, 0) is 55.9 Å². The largest absolute Gasteiger partial charge is 0.460 e. The molecule has 2 rings (SSSR count). The fourth-order valence-electron chi connectivity index (χ4n) is 2.00. The molecule has 0 aliphatic carbocycles. The van der Waals surface area contributed by atoms with Gasteiger partial charge in [-0.25, -0.2) is 0 Å². The minimum absolute atomic E-state index is 0. The third kappa shape index (κ3) is 8.06. The van der Waals surface area contributed by atoms with E-state index in [-0.39, 0.29) is 31.4 Å². The fourth-order valence-corrected chi connectivity index (χ4v) is 2.12. The second-order valence-corrected chi connectivity index (χ2v) is 5.21. The van der Waals surface area contributed by atoms with Gasteiger partial charge in [0.1, 0.15) is 11.5 Å². The Balaban J connectivity index is 0.00000242. The van der Waals surface area contributed by atoms with Gasteiger partial charge in [0.2, 0.25) is 0 Å². The van der Waals surface area contributed by atoms with Crippen molar-refractivity contribution in [1.82, 2.24) is 10.6 Å². The van der Waals surface area contributed by atoms with Crippen LogP contribution >= 0.6 is 36.4 Å². The lowest BCUT2D eigenvalue weighted by atomic mass is 10.2. The van der Waals surface area contributed by atoms with Crippen LogP contribution in [0.1, 0.15) is 12.2 Å². The van der Waals surface area contributed by atoms with E-state index in [1.807, 2.05) is 36.4 Å². The summed E-state index contributed by atoms with van der Waals surface area (Å²) in [6.07, 6.45) is 1.02. The molecule has 0 aliphatic rings.